The molecule has 0 saturated carbocycles. The smallest absolute Gasteiger partial charge is 0.165 e. The van der Waals surface area contributed by atoms with Crippen LogP contribution in [-0.4, -0.2) is 11.7 Å². The maximum Gasteiger partial charge on any atom is 0.165 e. The van der Waals surface area contributed by atoms with Crippen molar-refractivity contribution in [3.8, 4) is 18.1 Å². The number of hydrogen-bond donors (Lipinski definition) is 2. The van der Waals surface area contributed by atoms with Crippen molar-refractivity contribution in [3.05, 3.63) is 29.6 Å². The molecule has 0 aliphatic heterocycles. The van der Waals surface area contributed by atoms with Crippen molar-refractivity contribution < 1.29 is 9.50 Å². The summed E-state index contributed by atoms with van der Waals surface area (Å²) in [7, 11) is 0. The molecule has 68 valence electrons. The molecule has 0 radical (unpaired) electrons. The number of phenols is 1. The Morgan fingerprint density at radius 2 is 2.31 bits per heavy atom. The third-order valence-corrected chi connectivity index (χ3v) is 1.61. The zero-order valence-corrected chi connectivity index (χ0v) is 7.05. The lowest BCUT2D eigenvalue weighted by molar-refractivity contribution is 0.424. The highest BCUT2D eigenvalue weighted by atomic mass is 19.1. The van der Waals surface area contributed by atoms with Crippen molar-refractivity contribution >= 4 is 0 Å². The first-order valence-corrected chi connectivity index (χ1v) is 3.86. The number of aromatic hydroxyl groups is 1. The summed E-state index contributed by atoms with van der Waals surface area (Å²) in [6, 6.07) is 4.39. The quantitative estimate of drug-likeness (QED) is 0.540. The number of nitrogens with one attached hydrogen (secondary N) is 1. The van der Waals surface area contributed by atoms with Crippen molar-refractivity contribution in [2.75, 3.05) is 6.54 Å². The molecule has 0 bridgehead atoms. The van der Waals surface area contributed by atoms with Crippen LogP contribution >= 0.6 is 0 Å². The van der Waals surface area contributed by atoms with Crippen LogP contribution in [0.4, 0.5) is 4.39 Å². The van der Waals surface area contributed by atoms with E-state index >= 15 is 0 Å². The number of para-hydroxylation sites is 1. The third kappa shape index (κ3) is 2.46. The van der Waals surface area contributed by atoms with Gasteiger partial charge in [0.15, 0.2) is 11.6 Å². The Kier molecular flexibility index (Phi) is 3.30. The summed E-state index contributed by atoms with van der Waals surface area (Å²) in [6.45, 7) is 0.768. The zero-order valence-electron chi connectivity index (χ0n) is 7.05. The molecular formula is C10H10FNO. The van der Waals surface area contributed by atoms with Crippen molar-refractivity contribution in [2.24, 2.45) is 0 Å². The van der Waals surface area contributed by atoms with E-state index < -0.39 is 5.82 Å². The molecule has 0 aromatic heterocycles. The number of hydrogen-bond acceptors (Lipinski definition) is 2. The fourth-order valence-electron chi connectivity index (χ4n) is 0.972. The fraction of sp³-hybridized carbons (Fsp3) is 0.200. The molecule has 0 fully saturated rings. The first kappa shape index (κ1) is 9.56. The largest absolute Gasteiger partial charge is 0.505 e. The van der Waals surface area contributed by atoms with Crippen LogP contribution in [0.25, 0.3) is 0 Å². The first-order valence-electron chi connectivity index (χ1n) is 3.86. The van der Waals surface area contributed by atoms with Gasteiger partial charge in [0.25, 0.3) is 0 Å². The van der Waals surface area contributed by atoms with Crippen LogP contribution in [0.3, 0.4) is 0 Å². The lowest BCUT2D eigenvalue weighted by Gasteiger charge is -2.04. The molecular weight excluding hydrogens is 169 g/mol. The molecule has 13 heavy (non-hydrogen) atoms. The van der Waals surface area contributed by atoms with Gasteiger partial charge in [-0.1, -0.05) is 18.1 Å². The number of phenolic OH excluding ortho intramolecular Hbond substituents is 1. The van der Waals surface area contributed by atoms with Crippen molar-refractivity contribution in [1.82, 2.24) is 5.32 Å². The zero-order chi connectivity index (χ0) is 9.68. The van der Waals surface area contributed by atoms with Gasteiger partial charge in [-0.2, -0.15) is 0 Å². The molecule has 0 heterocycles. The van der Waals surface area contributed by atoms with Crippen LogP contribution in [0.2, 0.25) is 0 Å². The minimum atomic E-state index is -0.611. The second-order valence-corrected chi connectivity index (χ2v) is 2.56. The van der Waals surface area contributed by atoms with Crippen LogP contribution in [0.15, 0.2) is 18.2 Å². The molecule has 0 saturated heterocycles. The maximum atomic E-state index is 12.8. The second-order valence-electron chi connectivity index (χ2n) is 2.56. The van der Waals surface area contributed by atoms with Crippen molar-refractivity contribution in [2.45, 2.75) is 6.54 Å². The number of rotatable bonds is 3. The summed E-state index contributed by atoms with van der Waals surface area (Å²) in [4.78, 5) is 0. The van der Waals surface area contributed by atoms with E-state index in [1.165, 1.54) is 6.07 Å². The molecule has 0 amide bonds. The van der Waals surface area contributed by atoms with E-state index in [1.807, 2.05) is 0 Å². The van der Waals surface area contributed by atoms with Gasteiger partial charge in [0.05, 0.1) is 6.54 Å². The Hall–Kier alpha value is -1.53. The van der Waals surface area contributed by atoms with Crippen molar-refractivity contribution in [3.63, 3.8) is 0 Å². The van der Waals surface area contributed by atoms with Crippen LogP contribution < -0.4 is 5.32 Å². The highest BCUT2D eigenvalue weighted by molar-refractivity contribution is 5.33. The van der Waals surface area contributed by atoms with Crippen LogP contribution in [0, 0.1) is 18.2 Å². The third-order valence-electron chi connectivity index (χ3n) is 1.61. The molecule has 0 spiro atoms. The van der Waals surface area contributed by atoms with E-state index in [4.69, 9.17) is 6.42 Å². The van der Waals surface area contributed by atoms with E-state index in [0.717, 1.165) is 0 Å². The summed E-state index contributed by atoms with van der Waals surface area (Å²) in [5, 5.41) is 12.1. The molecule has 0 atom stereocenters. The highest BCUT2D eigenvalue weighted by Gasteiger charge is 2.04. The summed E-state index contributed by atoms with van der Waals surface area (Å²) < 4.78 is 12.8. The molecule has 1 aromatic rings. The summed E-state index contributed by atoms with van der Waals surface area (Å²) in [6.07, 6.45) is 5.01. The molecule has 3 heteroatoms. The normalized spacial score (nSPS) is 9.54. The van der Waals surface area contributed by atoms with E-state index in [9.17, 15) is 9.50 Å². The van der Waals surface area contributed by atoms with Gasteiger partial charge in [-0.25, -0.2) is 4.39 Å². The number of terminal acetylenes is 1. The van der Waals surface area contributed by atoms with Gasteiger partial charge in [0.2, 0.25) is 0 Å². The standard InChI is InChI=1S/C10H10FNO/c1-2-6-12-7-8-4-3-5-9(11)10(8)13/h1,3-5,12-13H,6-7H2. The Labute approximate surface area is 76.4 Å². The van der Waals surface area contributed by atoms with E-state index in [-0.39, 0.29) is 5.75 Å². The lowest BCUT2D eigenvalue weighted by Crippen LogP contribution is -2.13. The molecule has 1 aromatic carbocycles. The average molecular weight is 179 g/mol. The van der Waals surface area contributed by atoms with Gasteiger partial charge in [-0.3, -0.25) is 0 Å². The monoisotopic (exact) mass is 179 g/mol. The Morgan fingerprint density at radius 1 is 1.54 bits per heavy atom. The Morgan fingerprint density at radius 3 is 3.00 bits per heavy atom. The highest BCUT2D eigenvalue weighted by Crippen LogP contribution is 2.19. The minimum Gasteiger partial charge on any atom is -0.505 e. The van der Waals surface area contributed by atoms with Crippen LogP contribution in [0.1, 0.15) is 5.56 Å². The van der Waals surface area contributed by atoms with E-state index in [1.54, 1.807) is 12.1 Å². The molecule has 2 nitrogen and oxygen atoms in total. The topological polar surface area (TPSA) is 32.3 Å². The number of halogens is 1. The molecule has 0 aliphatic rings. The molecule has 0 aliphatic carbocycles. The van der Waals surface area contributed by atoms with Gasteiger partial charge in [-0.15, -0.1) is 6.42 Å². The first-order chi connectivity index (χ1) is 6.25. The van der Waals surface area contributed by atoms with Gasteiger partial charge < -0.3 is 10.4 Å². The van der Waals surface area contributed by atoms with Crippen molar-refractivity contribution in [1.29, 1.82) is 0 Å². The Bertz CT molecular complexity index is 330. The van der Waals surface area contributed by atoms with Gasteiger partial charge in [0.1, 0.15) is 0 Å². The predicted molar refractivity (Wildman–Crippen MR) is 48.6 cm³/mol. The summed E-state index contributed by atoms with van der Waals surface area (Å²) in [5.74, 6) is 1.46. The average Bonchev–Trinajstić information content (AvgIpc) is 2.13. The van der Waals surface area contributed by atoms with Crippen LogP contribution in [-0.2, 0) is 6.54 Å². The molecule has 1 rings (SSSR count). The Balaban J connectivity index is 2.67. The molecule has 0 unspecified atom stereocenters. The molecule has 2 N–H and O–H groups in total. The van der Waals surface area contributed by atoms with Gasteiger partial charge in [-0.05, 0) is 6.07 Å². The second kappa shape index (κ2) is 4.48. The maximum absolute atomic E-state index is 12.8. The fourth-order valence-corrected chi connectivity index (χ4v) is 0.972. The van der Waals surface area contributed by atoms with E-state index in [0.29, 0.717) is 18.7 Å². The minimum absolute atomic E-state index is 0.313. The van der Waals surface area contributed by atoms with Crippen LogP contribution in [0.5, 0.6) is 5.75 Å². The summed E-state index contributed by atoms with van der Waals surface area (Å²) >= 11 is 0. The predicted octanol–water partition coefficient (Wildman–Crippen LogP) is 1.25. The van der Waals surface area contributed by atoms with E-state index in [2.05, 4.69) is 11.2 Å². The van der Waals surface area contributed by atoms with Gasteiger partial charge >= 0.3 is 0 Å². The van der Waals surface area contributed by atoms with Gasteiger partial charge in [0, 0.05) is 12.1 Å². The summed E-state index contributed by atoms with van der Waals surface area (Å²) in [5.41, 5.74) is 0.509. The lowest BCUT2D eigenvalue weighted by atomic mass is 10.2. The number of benzene rings is 1. The SMILES string of the molecule is C#CCNCc1cccc(F)c1O.